The van der Waals surface area contributed by atoms with Crippen LogP contribution in [0.2, 0.25) is 0 Å². The van der Waals surface area contributed by atoms with Crippen molar-refractivity contribution in [2.24, 2.45) is 16.1 Å². The first-order valence-electron chi connectivity index (χ1n) is 9.48. The molecule has 3 rings (SSSR count). The lowest BCUT2D eigenvalue weighted by Gasteiger charge is -2.21. The quantitative estimate of drug-likeness (QED) is 0.608. The molecule has 6 nitrogen and oxygen atoms in total. The molecular weight excluding hydrogens is 328 g/mol. The molecule has 1 aromatic rings. The van der Waals surface area contributed by atoms with Crippen LogP contribution in [0.15, 0.2) is 34.5 Å². The van der Waals surface area contributed by atoms with E-state index >= 15 is 0 Å². The van der Waals surface area contributed by atoms with Gasteiger partial charge in [0.25, 0.3) is 0 Å². The highest BCUT2D eigenvalue weighted by Crippen LogP contribution is 2.24. The van der Waals surface area contributed by atoms with Gasteiger partial charge in [-0.15, -0.1) is 5.10 Å². The number of carbonyl (C=O) groups excluding carboxylic acids is 1. The molecule has 1 atom stereocenters. The number of nitrogens with one attached hydrogen (secondary N) is 2. The van der Waals surface area contributed by atoms with Crippen LogP contribution in [0.3, 0.4) is 0 Å². The first-order valence-corrected chi connectivity index (χ1v) is 9.48. The molecule has 1 saturated heterocycles. The summed E-state index contributed by atoms with van der Waals surface area (Å²) in [7, 11) is 0. The summed E-state index contributed by atoms with van der Waals surface area (Å²) < 4.78 is 5.93. The van der Waals surface area contributed by atoms with Crippen molar-refractivity contribution < 1.29 is 9.53 Å². The molecule has 1 unspecified atom stereocenters. The minimum atomic E-state index is -0.324. The second kappa shape index (κ2) is 8.83. The van der Waals surface area contributed by atoms with Crippen LogP contribution >= 0.6 is 0 Å². The van der Waals surface area contributed by atoms with Crippen LogP contribution in [-0.4, -0.2) is 30.2 Å². The second-order valence-electron chi connectivity index (χ2n) is 7.35. The van der Waals surface area contributed by atoms with Crippen molar-refractivity contribution in [1.82, 2.24) is 10.6 Å². The molecule has 2 aliphatic rings. The van der Waals surface area contributed by atoms with Crippen molar-refractivity contribution >= 4 is 17.6 Å². The third-order valence-corrected chi connectivity index (χ3v) is 4.79. The number of ether oxygens (including phenoxy) is 1. The van der Waals surface area contributed by atoms with E-state index in [0.29, 0.717) is 18.3 Å². The van der Waals surface area contributed by atoms with Crippen molar-refractivity contribution in [2.75, 3.05) is 6.61 Å². The van der Waals surface area contributed by atoms with E-state index in [9.17, 15) is 4.79 Å². The lowest BCUT2D eigenvalue weighted by Crippen LogP contribution is -2.31. The van der Waals surface area contributed by atoms with Crippen molar-refractivity contribution in [3.63, 3.8) is 0 Å². The number of amides is 1. The largest absolute Gasteiger partial charge is 0.493 e. The number of carbonyl (C=O) groups is 1. The number of guanidine groups is 1. The number of benzene rings is 1. The SMILES string of the molecule is CC(C)=NN=C1NC(=O)C(Cc2ccc(OCC3CCCCC3)cc2)N1. The van der Waals surface area contributed by atoms with Gasteiger partial charge in [-0.3, -0.25) is 10.1 Å². The fraction of sp³-hybridized carbons (Fsp3) is 0.550. The van der Waals surface area contributed by atoms with Gasteiger partial charge in [0.15, 0.2) is 0 Å². The normalized spacial score (nSPS) is 22.0. The van der Waals surface area contributed by atoms with Crippen LogP contribution in [0.25, 0.3) is 0 Å². The summed E-state index contributed by atoms with van der Waals surface area (Å²) in [4.78, 5) is 12.1. The van der Waals surface area contributed by atoms with Crippen LogP contribution in [0.4, 0.5) is 0 Å². The molecular formula is C20H28N4O2. The van der Waals surface area contributed by atoms with Gasteiger partial charge >= 0.3 is 0 Å². The highest BCUT2D eigenvalue weighted by atomic mass is 16.5. The zero-order valence-corrected chi connectivity index (χ0v) is 15.6. The van der Waals surface area contributed by atoms with Crippen LogP contribution < -0.4 is 15.4 Å². The Morgan fingerprint density at radius 2 is 1.88 bits per heavy atom. The Morgan fingerprint density at radius 1 is 1.15 bits per heavy atom. The van der Waals surface area contributed by atoms with Gasteiger partial charge in [0.05, 0.1) is 6.61 Å². The molecule has 0 aromatic heterocycles. The first kappa shape index (κ1) is 18.4. The zero-order valence-electron chi connectivity index (χ0n) is 15.6. The predicted molar refractivity (Wildman–Crippen MR) is 104 cm³/mol. The highest BCUT2D eigenvalue weighted by Gasteiger charge is 2.28. The average Bonchev–Trinajstić information content (AvgIpc) is 3.00. The van der Waals surface area contributed by atoms with Crippen molar-refractivity contribution in [2.45, 2.75) is 58.4 Å². The van der Waals surface area contributed by atoms with E-state index in [-0.39, 0.29) is 11.9 Å². The molecule has 0 bridgehead atoms. The molecule has 2 fully saturated rings. The smallest absolute Gasteiger partial charge is 0.249 e. The zero-order chi connectivity index (χ0) is 18.4. The van der Waals surface area contributed by atoms with Gasteiger partial charge in [-0.05, 0) is 50.3 Å². The van der Waals surface area contributed by atoms with Gasteiger partial charge in [-0.2, -0.15) is 5.10 Å². The van der Waals surface area contributed by atoms with E-state index in [0.717, 1.165) is 23.6 Å². The van der Waals surface area contributed by atoms with E-state index in [4.69, 9.17) is 4.74 Å². The van der Waals surface area contributed by atoms with Gasteiger partial charge in [0, 0.05) is 12.1 Å². The summed E-state index contributed by atoms with van der Waals surface area (Å²) >= 11 is 0. The van der Waals surface area contributed by atoms with Gasteiger partial charge in [-0.25, -0.2) is 0 Å². The van der Waals surface area contributed by atoms with Gasteiger partial charge in [0.2, 0.25) is 11.9 Å². The third kappa shape index (κ3) is 5.31. The fourth-order valence-corrected chi connectivity index (χ4v) is 3.34. The molecule has 1 aliphatic carbocycles. The maximum Gasteiger partial charge on any atom is 0.249 e. The Morgan fingerprint density at radius 3 is 2.58 bits per heavy atom. The van der Waals surface area contributed by atoms with Crippen molar-refractivity contribution in [3.8, 4) is 5.75 Å². The van der Waals surface area contributed by atoms with Crippen molar-refractivity contribution in [3.05, 3.63) is 29.8 Å². The topological polar surface area (TPSA) is 75.1 Å². The van der Waals surface area contributed by atoms with Crippen LogP contribution in [-0.2, 0) is 11.2 Å². The lowest BCUT2D eigenvalue weighted by molar-refractivity contribution is -0.120. The number of hydrogen-bond donors (Lipinski definition) is 2. The van der Waals surface area contributed by atoms with Crippen molar-refractivity contribution in [1.29, 1.82) is 0 Å². The Balaban J connectivity index is 1.50. The Hall–Kier alpha value is -2.37. The molecule has 140 valence electrons. The standard InChI is InChI=1S/C20H28N4O2/c1-14(2)23-24-20-21-18(19(25)22-20)12-15-8-10-17(11-9-15)26-13-16-6-4-3-5-7-16/h8-11,16,18H,3-7,12-13H2,1-2H3,(H2,21,22,24,25). The van der Waals surface area contributed by atoms with E-state index in [2.05, 4.69) is 20.8 Å². The van der Waals surface area contributed by atoms with E-state index < -0.39 is 0 Å². The summed E-state index contributed by atoms with van der Waals surface area (Å²) in [6.07, 6.45) is 7.20. The molecule has 6 heteroatoms. The molecule has 2 N–H and O–H groups in total. The molecule has 26 heavy (non-hydrogen) atoms. The Bertz CT molecular complexity index is 672. The Labute approximate surface area is 155 Å². The van der Waals surface area contributed by atoms with Gasteiger partial charge in [-0.1, -0.05) is 31.4 Å². The molecule has 1 amide bonds. The predicted octanol–water partition coefficient (Wildman–Crippen LogP) is 3.03. The molecule has 1 aromatic carbocycles. The molecule has 1 aliphatic heterocycles. The first-order chi connectivity index (χ1) is 12.6. The summed E-state index contributed by atoms with van der Waals surface area (Å²) in [5.41, 5.74) is 1.92. The fourth-order valence-electron chi connectivity index (χ4n) is 3.34. The highest BCUT2D eigenvalue weighted by molar-refractivity contribution is 6.06. The number of nitrogens with zero attached hydrogens (tertiary/aromatic N) is 2. The summed E-state index contributed by atoms with van der Waals surface area (Å²) in [5, 5.41) is 13.7. The Kier molecular flexibility index (Phi) is 6.26. The minimum absolute atomic E-state index is 0.0784. The minimum Gasteiger partial charge on any atom is -0.493 e. The maximum absolute atomic E-state index is 12.1. The summed E-state index contributed by atoms with van der Waals surface area (Å²) in [5.74, 6) is 1.93. The number of rotatable bonds is 6. The van der Waals surface area contributed by atoms with Gasteiger partial charge < -0.3 is 10.1 Å². The maximum atomic E-state index is 12.1. The molecule has 1 heterocycles. The second-order valence-corrected chi connectivity index (χ2v) is 7.35. The van der Waals surface area contributed by atoms with Gasteiger partial charge in [0.1, 0.15) is 11.8 Å². The monoisotopic (exact) mass is 356 g/mol. The van der Waals surface area contributed by atoms with Crippen LogP contribution in [0.5, 0.6) is 5.75 Å². The summed E-state index contributed by atoms with van der Waals surface area (Å²) in [6.45, 7) is 4.52. The molecule has 1 saturated carbocycles. The average molecular weight is 356 g/mol. The van der Waals surface area contributed by atoms with E-state index in [1.807, 2.05) is 38.1 Å². The lowest BCUT2D eigenvalue weighted by atomic mass is 9.90. The van der Waals surface area contributed by atoms with Crippen LogP contribution in [0, 0.1) is 5.92 Å². The van der Waals surface area contributed by atoms with E-state index in [1.54, 1.807) is 0 Å². The number of hydrogen-bond acceptors (Lipinski definition) is 4. The van der Waals surface area contributed by atoms with Crippen LogP contribution in [0.1, 0.15) is 51.5 Å². The van der Waals surface area contributed by atoms with E-state index in [1.165, 1.54) is 32.1 Å². The summed E-state index contributed by atoms with van der Waals surface area (Å²) in [6, 6.07) is 7.70. The molecule has 0 radical (unpaired) electrons. The third-order valence-electron chi connectivity index (χ3n) is 4.79. The molecule has 0 spiro atoms.